The fraction of sp³-hybridized carbons (Fsp3) is 0.0769. The summed E-state index contributed by atoms with van der Waals surface area (Å²) < 4.78 is 0.939. The molecular formula is C13H10BrN3. The van der Waals surface area contributed by atoms with Crippen LogP contribution in [0.1, 0.15) is 11.1 Å². The van der Waals surface area contributed by atoms with Crippen molar-refractivity contribution in [1.29, 1.82) is 5.26 Å². The minimum absolute atomic E-state index is 0.679. The van der Waals surface area contributed by atoms with Crippen molar-refractivity contribution in [3.05, 3.63) is 58.3 Å². The number of halogens is 1. The normalized spacial score (nSPS) is 9.65. The van der Waals surface area contributed by atoms with Gasteiger partial charge in [0.15, 0.2) is 0 Å². The second-order valence-electron chi connectivity index (χ2n) is 3.52. The van der Waals surface area contributed by atoms with E-state index < -0.39 is 0 Å². The smallest absolute Gasteiger partial charge is 0.0991 e. The van der Waals surface area contributed by atoms with Gasteiger partial charge in [-0.1, -0.05) is 12.1 Å². The lowest BCUT2D eigenvalue weighted by Gasteiger charge is -2.07. The predicted molar refractivity (Wildman–Crippen MR) is 70.4 cm³/mol. The molecule has 2 aromatic rings. The van der Waals surface area contributed by atoms with Crippen molar-refractivity contribution in [2.24, 2.45) is 0 Å². The van der Waals surface area contributed by atoms with E-state index in [1.807, 2.05) is 30.3 Å². The number of nitrogens with zero attached hydrogens (tertiary/aromatic N) is 2. The van der Waals surface area contributed by atoms with Crippen molar-refractivity contribution in [1.82, 2.24) is 4.98 Å². The van der Waals surface area contributed by atoms with E-state index in [1.54, 1.807) is 12.4 Å². The zero-order chi connectivity index (χ0) is 12.1. The molecule has 0 atom stereocenters. The molecule has 17 heavy (non-hydrogen) atoms. The van der Waals surface area contributed by atoms with Crippen LogP contribution in [0.5, 0.6) is 0 Å². The molecule has 0 spiro atoms. The summed E-state index contributed by atoms with van der Waals surface area (Å²) in [5, 5.41) is 12.0. The van der Waals surface area contributed by atoms with Crippen LogP contribution in [0, 0.1) is 11.3 Å². The molecule has 1 aromatic heterocycles. The number of hydrogen-bond donors (Lipinski definition) is 1. The van der Waals surface area contributed by atoms with E-state index in [1.165, 1.54) is 0 Å². The summed E-state index contributed by atoms with van der Waals surface area (Å²) in [6.45, 7) is 0.717. The first-order chi connectivity index (χ1) is 8.29. The quantitative estimate of drug-likeness (QED) is 0.942. The Morgan fingerprint density at radius 1 is 1.24 bits per heavy atom. The Kier molecular flexibility index (Phi) is 3.73. The average molecular weight is 288 g/mol. The molecule has 0 radical (unpaired) electrons. The molecule has 0 saturated carbocycles. The van der Waals surface area contributed by atoms with Gasteiger partial charge in [0, 0.05) is 18.9 Å². The standard InChI is InChI=1S/C13H10BrN3/c14-12-9-16-6-5-13(12)17-8-11-3-1-10(7-15)2-4-11/h1-6,9H,8H2,(H,16,17). The molecule has 1 aromatic carbocycles. The van der Waals surface area contributed by atoms with E-state index in [9.17, 15) is 0 Å². The van der Waals surface area contributed by atoms with Crippen LogP contribution in [0.15, 0.2) is 47.2 Å². The first-order valence-electron chi connectivity index (χ1n) is 5.12. The molecule has 3 nitrogen and oxygen atoms in total. The Bertz CT molecular complexity index is 543. The van der Waals surface area contributed by atoms with Gasteiger partial charge in [-0.2, -0.15) is 5.26 Å². The van der Waals surface area contributed by atoms with E-state index in [2.05, 4.69) is 32.3 Å². The third kappa shape index (κ3) is 3.05. The Hall–Kier alpha value is -1.86. The summed E-state index contributed by atoms with van der Waals surface area (Å²) in [6, 6.07) is 11.5. The van der Waals surface area contributed by atoms with Crippen molar-refractivity contribution in [2.45, 2.75) is 6.54 Å². The third-order valence-corrected chi connectivity index (χ3v) is 2.97. The number of aromatic nitrogens is 1. The fourth-order valence-electron chi connectivity index (χ4n) is 1.41. The van der Waals surface area contributed by atoms with E-state index in [0.717, 1.165) is 15.7 Å². The molecule has 0 fully saturated rings. The summed E-state index contributed by atoms with van der Waals surface area (Å²) in [4.78, 5) is 4.00. The largest absolute Gasteiger partial charge is 0.380 e. The number of hydrogen-bond acceptors (Lipinski definition) is 3. The van der Waals surface area contributed by atoms with Crippen molar-refractivity contribution in [3.63, 3.8) is 0 Å². The monoisotopic (exact) mass is 287 g/mol. The van der Waals surface area contributed by atoms with Gasteiger partial charge in [0.1, 0.15) is 0 Å². The van der Waals surface area contributed by atoms with E-state index in [4.69, 9.17) is 5.26 Å². The average Bonchev–Trinajstić information content (AvgIpc) is 2.38. The molecular weight excluding hydrogens is 278 g/mol. The topological polar surface area (TPSA) is 48.7 Å². The highest BCUT2D eigenvalue weighted by molar-refractivity contribution is 9.10. The summed E-state index contributed by atoms with van der Waals surface area (Å²) in [5.74, 6) is 0. The first kappa shape index (κ1) is 11.6. The molecule has 0 aliphatic rings. The van der Waals surface area contributed by atoms with Crippen LogP contribution in [0.4, 0.5) is 5.69 Å². The Morgan fingerprint density at radius 2 is 2.00 bits per heavy atom. The molecule has 0 bridgehead atoms. The molecule has 1 N–H and O–H groups in total. The Labute approximate surface area is 108 Å². The number of nitriles is 1. The van der Waals surface area contributed by atoms with Crippen molar-refractivity contribution < 1.29 is 0 Å². The third-order valence-electron chi connectivity index (χ3n) is 2.34. The van der Waals surface area contributed by atoms with Crippen LogP contribution in [0.3, 0.4) is 0 Å². The van der Waals surface area contributed by atoms with Gasteiger partial charge in [-0.25, -0.2) is 0 Å². The lowest BCUT2D eigenvalue weighted by atomic mass is 10.1. The molecule has 1 heterocycles. The lowest BCUT2D eigenvalue weighted by Crippen LogP contribution is -2.00. The molecule has 0 saturated heterocycles. The first-order valence-corrected chi connectivity index (χ1v) is 5.91. The highest BCUT2D eigenvalue weighted by atomic mass is 79.9. The molecule has 2 rings (SSSR count). The zero-order valence-corrected chi connectivity index (χ0v) is 10.6. The molecule has 4 heteroatoms. The molecule has 0 aliphatic carbocycles. The fourth-order valence-corrected chi connectivity index (χ4v) is 1.80. The molecule has 0 unspecified atom stereocenters. The lowest BCUT2D eigenvalue weighted by molar-refractivity contribution is 1.14. The zero-order valence-electron chi connectivity index (χ0n) is 9.02. The van der Waals surface area contributed by atoms with E-state index >= 15 is 0 Å². The van der Waals surface area contributed by atoms with Gasteiger partial charge < -0.3 is 5.32 Å². The van der Waals surface area contributed by atoms with Gasteiger partial charge in [-0.15, -0.1) is 0 Å². The maximum absolute atomic E-state index is 8.69. The van der Waals surface area contributed by atoms with Crippen LogP contribution in [0.2, 0.25) is 0 Å². The SMILES string of the molecule is N#Cc1ccc(CNc2ccncc2Br)cc1. The maximum atomic E-state index is 8.69. The van der Waals surface area contributed by atoms with E-state index in [-0.39, 0.29) is 0 Å². The molecule has 0 amide bonds. The summed E-state index contributed by atoms with van der Waals surface area (Å²) in [5.41, 5.74) is 2.82. The van der Waals surface area contributed by atoms with Crippen molar-refractivity contribution >= 4 is 21.6 Å². The molecule has 84 valence electrons. The maximum Gasteiger partial charge on any atom is 0.0991 e. The summed E-state index contributed by atoms with van der Waals surface area (Å²) in [6.07, 6.45) is 3.49. The number of pyridine rings is 1. The van der Waals surface area contributed by atoms with Gasteiger partial charge in [-0.3, -0.25) is 4.98 Å². The summed E-state index contributed by atoms with van der Waals surface area (Å²) in [7, 11) is 0. The minimum Gasteiger partial charge on any atom is -0.380 e. The number of rotatable bonds is 3. The van der Waals surface area contributed by atoms with E-state index in [0.29, 0.717) is 12.1 Å². The van der Waals surface area contributed by atoms with Crippen molar-refractivity contribution in [3.8, 4) is 6.07 Å². The van der Waals surface area contributed by atoms with Crippen molar-refractivity contribution in [2.75, 3.05) is 5.32 Å². The van der Waals surface area contributed by atoms with Gasteiger partial charge >= 0.3 is 0 Å². The van der Waals surface area contributed by atoms with Crippen LogP contribution in [-0.2, 0) is 6.54 Å². The van der Waals surface area contributed by atoms with Crippen LogP contribution < -0.4 is 5.32 Å². The van der Waals surface area contributed by atoms with Crippen LogP contribution in [-0.4, -0.2) is 4.98 Å². The van der Waals surface area contributed by atoms with Gasteiger partial charge in [-0.05, 0) is 39.7 Å². The predicted octanol–water partition coefficient (Wildman–Crippen LogP) is 3.33. The van der Waals surface area contributed by atoms with Crippen LogP contribution in [0.25, 0.3) is 0 Å². The highest BCUT2D eigenvalue weighted by Gasteiger charge is 1.98. The van der Waals surface area contributed by atoms with Gasteiger partial charge in [0.05, 0.1) is 21.8 Å². The second kappa shape index (κ2) is 5.46. The Morgan fingerprint density at radius 3 is 2.65 bits per heavy atom. The summed E-state index contributed by atoms with van der Waals surface area (Å²) >= 11 is 3.42. The van der Waals surface area contributed by atoms with Gasteiger partial charge in [0.25, 0.3) is 0 Å². The number of benzene rings is 1. The minimum atomic E-state index is 0.679. The number of nitrogens with one attached hydrogen (secondary N) is 1. The number of anilines is 1. The van der Waals surface area contributed by atoms with Crippen LogP contribution >= 0.6 is 15.9 Å². The highest BCUT2D eigenvalue weighted by Crippen LogP contribution is 2.20. The molecule has 0 aliphatic heterocycles. The Balaban J connectivity index is 2.03. The second-order valence-corrected chi connectivity index (χ2v) is 4.37. The van der Waals surface area contributed by atoms with Gasteiger partial charge in [0.2, 0.25) is 0 Å².